The number of amidine groups is 1. The van der Waals surface area contributed by atoms with Gasteiger partial charge in [-0.1, -0.05) is 0 Å². The molecule has 0 bridgehead atoms. The maximum absolute atomic E-state index is 12.6. The Morgan fingerprint density at radius 3 is 2.47 bits per heavy atom. The van der Waals surface area contributed by atoms with Crippen LogP contribution in [0.25, 0.3) is 0 Å². The van der Waals surface area contributed by atoms with E-state index in [2.05, 4.69) is 4.99 Å². The Kier molecular flexibility index (Phi) is 2.84. The van der Waals surface area contributed by atoms with E-state index in [4.69, 9.17) is 10.5 Å². The van der Waals surface area contributed by atoms with E-state index in [0.29, 0.717) is 5.75 Å². The maximum Gasteiger partial charge on any atom is 0.240 e. The van der Waals surface area contributed by atoms with Crippen LogP contribution in [-0.4, -0.2) is 20.2 Å². The molecule has 5 nitrogen and oxygen atoms in total. The fourth-order valence-corrected chi connectivity index (χ4v) is 2.07. The summed E-state index contributed by atoms with van der Waals surface area (Å²) in [6.07, 6.45) is 1.15. The van der Waals surface area contributed by atoms with Crippen LogP contribution in [0.1, 0.15) is 0 Å². The minimum absolute atomic E-state index is 0.0145. The molecule has 1 aliphatic heterocycles. The lowest BCUT2D eigenvalue weighted by molar-refractivity contribution is 0.357. The molecule has 0 unspecified atom stereocenters. The van der Waals surface area contributed by atoms with Gasteiger partial charge in [0, 0.05) is 6.20 Å². The number of halogens is 1. The zero-order chi connectivity index (χ0) is 12.5. The molecule has 0 saturated heterocycles. The van der Waals surface area contributed by atoms with Crippen molar-refractivity contribution < 1.29 is 17.5 Å². The van der Waals surface area contributed by atoms with E-state index < -0.39 is 20.8 Å². The monoisotopic (exact) mass is 256 g/mol. The molecular weight excluding hydrogens is 247 g/mol. The molecule has 0 atom stereocenters. The first kappa shape index (κ1) is 11.6. The quantitative estimate of drug-likeness (QED) is 0.866. The van der Waals surface area contributed by atoms with Gasteiger partial charge in [0.1, 0.15) is 23.1 Å². The van der Waals surface area contributed by atoms with Crippen molar-refractivity contribution in [3.8, 4) is 5.75 Å². The van der Waals surface area contributed by atoms with Crippen molar-refractivity contribution in [3.63, 3.8) is 0 Å². The molecule has 0 amide bonds. The van der Waals surface area contributed by atoms with Crippen molar-refractivity contribution in [1.82, 2.24) is 0 Å². The van der Waals surface area contributed by atoms with Crippen LogP contribution >= 0.6 is 0 Å². The molecular formula is C10H9FN2O3S. The van der Waals surface area contributed by atoms with Crippen LogP contribution in [0.4, 0.5) is 4.39 Å². The zero-order valence-electron chi connectivity index (χ0n) is 8.63. The van der Waals surface area contributed by atoms with Crippen LogP contribution in [0.3, 0.4) is 0 Å². The number of nitrogens with zero attached hydrogens (tertiary/aromatic N) is 1. The second-order valence-corrected chi connectivity index (χ2v) is 5.26. The standard InChI is InChI=1S/C10H9FN2O3S/c11-7-1-3-8(4-2-7)16-6-9-5-13-10(12)17(9,14)15/h1-5H,6H2,(H2,12,13). The van der Waals surface area contributed by atoms with Crippen LogP contribution in [0.5, 0.6) is 5.75 Å². The first-order valence-corrected chi connectivity index (χ1v) is 6.14. The number of rotatable bonds is 3. The second-order valence-electron chi connectivity index (χ2n) is 3.31. The Morgan fingerprint density at radius 1 is 1.29 bits per heavy atom. The van der Waals surface area contributed by atoms with E-state index in [0.717, 1.165) is 6.20 Å². The highest BCUT2D eigenvalue weighted by Crippen LogP contribution is 2.18. The number of nitrogens with two attached hydrogens (primary N) is 1. The average molecular weight is 256 g/mol. The number of benzene rings is 1. The van der Waals surface area contributed by atoms with Crippen molar-refractivity contribution in [2.45, 2.75) is 0 Å². The SMILES string of the molecule is NC1=NC=C(COc2ccc(F)cc2)S1(=O)=O. The van der Waals surface area contributed by atoms with Crippen molar-refractivity contribution in [2.75, 3.05) is 6.61 Å². The van der Waals surface area contributed by atoms with Crippen LogP contribution in [0.2, 0.25) is 0 Å². The van der Waals surface area contributed by atoms with Crippen molar-refractivity contribution in [2.24, 2.45) is 10.7 Å². The molecule has 2 N–H and O–H groups in total. The molecule has 1 heterocycles. The molecule has 2 rings (SSSR count). The summed E-state index contributed by atoms with van der Waals surface area (Å²) >= 11 is 0. The number of hydrogen-bond donors (Lipinski definition) is 1. The fourth-order valence-electron chi connectivity index (χ4n) is 1.21. The molecule has 0 saturated carbocycles. The molecule has 0 aliphatic carbocycles. The van der Waals surface area contributed by atoms with Crippen LogP contribution in [-0.2, 0) is 9.84 Å². The summed E-state index contributed by atoms with van der Waals surface area (Å²) in [5, 5.41) is -0.435. The first-order chi connectivity index (χ1) is 8.00. The summed E-state index contributed by atoms with van der Waals surface area (Å²) in [6, 6.07) is 5.25. The fraction of sp³-hybridized carbons (Fsp3) is 0.100. The minimum Gasteiger partial charge on any atom is -0.488 e. The van der Waals surface area contributed by atoms with Gasteiger partial charge < -0.3 is 10.5 Å². The maximum atomic E-state index is 12.6. The summed E-state index contributed by atoms with van der Waals surface area (Å²) in [7, 11) is -3.65. The zero-order valence-corrected chi connectivity index (χ0v) is 9.45. The van der Waals surface area contributed by atoms with E-state index in [1.165, 1.54) is 24.3 Å². The van der Waals surface area contributed by atoms with Gasteiger partial charge in [0.2, 0.25) is 15.0 Å². The molecule has 0 spiro atoms. The van der Waals surface area contributed by atoms with Gasteiger partial charge in [-0.2, -0.15) is 0 Å². The molecule has 0 aromatic heterocycles. The molecule has 17 heavy (non-hydrogen) atoms. The Balaban J connectivity index is 2.04. The molecule has 1 aliphatic rings. The third-order valence-electron chi connectivity index (χ3n) is 2.15. The van der Waals surface area contributed by atoms with Gasteiger partial charge >= 0.3 is 0 Å². The Labute approximate surface area is 97.3 Å². The highest BCUT2D eigenvalue weighted by molar-refractivity contribution is 8.09. The average Bonchev–Trinajstić information content (AvgIpc) is 2.54. The number of aliphatic imine (C=N–C) groups is 1. The van der Waals surface area contributed by atoms with E-state index >= 15 is 0 Å². The van der Waals surface area contributed by atoms with Gasteiger partial charge in [-0.3, -0.25) is 0 Å². The molecule has 7 heteroatoms. The van der Waals surface area contributed by atoms with E-state index in [9.17, 15) is 12.8 Å². The molecule has 90 valence electrons. The predicted octanol–water partition coefficient (Wildman–Crippen LogP) is 0.789. The van der Waals surface area contributed by atoms with Gasteiger partial charge in [-0.15, -0.1) is 0 Å². The largest absolute Gasteiger partial charge is 0.488 e. The van der Waals surface area contributed by atoms with Crippen molar-refractivity contribution in [3.05, 3.63) is 41.2 Å². The summed E-state index contributed by atoms with van der Waals surface area (Å²) in [6.45, 7) is -0.182. The highest BCUT2D eigenvalue weighted by atomic mass is 32.2. The molecule has 1 aromatic carbocycles. The smallest absolute Gasteiger partial charge is 0.240 e. The summed E-state index contributed by atoms with van der Waals surface area (Å²) in [5.41, 5.74) is 5.20. The van der Waals surface area contributed by atoms with Gasteiger partial charge in [0.15, 0.2) is 0 Å². The number of ether oxygens (including phenoxy) is 1. The highest BCUT2D eigenvalue weighted by Gasteiger charge is 2.27. The van der Waals surface area contributed by atoms with Gasteiger partial charge in [-0.05, 0) is 24.3 Å². The lowest BCUT2D eigenvalue weighted by atomic mass is 10.3. The molecule has 0 radical (unpaired) electrons. The lowest BCUT2D eigenvalue weighted by Gasteiger charge is -2.06. The third kappa shape index (κ3) is 2.28. The Hall–Kier alpha value is -1.89. The summed E-state index contributed by atoms with van der Waals surface area (Å²) < 4.78 is 40.8. The first-order valence-electron chi connectivity index (χ1n) is 4.66. The van der Waals surface area contributed by atoms with Crippen molar-refractivity contribution >= 4 is 15.0 Å². The van der Waals surface area contributed by atoms with E-state index in [1.54, 1.807) is 0 Å². The summed E-state index contributed by atoms with van der Waals surface area (Å²) in [4.78, 5) is 3.49. The third-order valence-corrected chi connectivity index (χ3v) is 3.72. The Bertz CT molecular complexity index is 590. The van der Waals surface area contributed by atoms with Crippen LogP contribution in [0.15, 0.2) is 40.4 Å². The topological polar surface area (TPSA) is 81.8 Å². The van der Waals surface area contributed by atoms with Crippen LogP contribution < -0.4 is 10.5 Å². The minimum atomic E-state index is -3.65. The lowest BCUT2D eigenvalue weighted by Crippen LogP contribution is -2.23. The number of sulfone groups is 1. The van der Waals surface area contributed by atoms with Gasteiger partial charge in [-0.25, -0.2) is 17.8 Å². The molecule has 0 fully saturated rings. The van der Waals surface area contributed by atoms with Gasteiger partial charge in [0.25, 0.3) is 0 Å². The Morgan fingerprint density at radius 2 is 1.94 bits per heavy atom. The van der Waals surface area contributed by atoms with E-state index in [-0.39, 0.29) is 11.5 Å². The summed E-state index contributed by atoms with van der Waals surface area (Å²) in [5.74, 6) is -0.0226. The normalized spacial score (nSPS) is 17.5. The molecule has 1 aromatic rings. The van der Waals surface area contributed by atoms with Crippen LogP contribution in [0, 0.1) is 5.82 Å². The van der Waals surface area contributed by atoms with Gasteiger partial charge in [0.05, 0.1) is 0 Å². The van der Waals surface area contributed by atoms with Crippen molar-refractivity contribution in [1.29, 1.82) is 0 Å². The number of hydrogen-bond acceptors (Lipinski definition) is 5. The predicted molar refractivity (Wildman–Crippen MR) is 60.5 cm³/mol. The van der Waals surface area contributed by atoms with E-state index in [1.807, 2.05) is 0 Å². The second kappa shape index (κ2) is 4.17.